The van der Waals surface area contributed by atoms with Gasteiger partial charge in [-0.25, -0.2) is 18.4 Å². The second-order valence-corrected chi connectivity index (χ2v) is 16.4. The quantitative estimate of drug-likeness (QED) is 0.0234. The van der Waals surface area contributed by atoms with Gasteiger partial charge in [0.2, 0.25) is 0 Å². The van der Waals surface area contributed by atoms with E-state index in [1.54, 1.807) is 0 Å². The SMILES string of the molecule is C=C(C)C(=O)OCCCc1cc(-c2c(F)cc(-c3ccc(CCCCCCC)cc3)cc2F)ccc1OCC(COC(=O)C(=C)C)(COC(=O)C(C)C(=O)OC)COC(=O)C(C)C(=O)OC. The number of rotatable bonds is 27. The molecule has 0 bridgehead atoms. The lowest BCUT2D eigenvalue weighted by Gasteiger charge is -2.33. The van der Waals surface area contributed by atoms with E-state index in [2.05, 4.69) is 29.6 Å². The van der Waals surface area contributed by atoms with Crippen molar-refractivity contribution >= 4 is 35.8 Å². The van der Waals surface area contributed by atoms with Crippen LogP contribution in [0, 0.1) is 28.9 Å². The van der Waals surface area contributed by atoms with Crippen molar-refractivity contribution in [1.82, 2.24) is 0 Å². The van der Waals surface area contributed by atoms with Crippen molar-refractivity contribution < 1.29 is 70.7 Å². The number of carbonyl (C=O) groups excluding carboxylic acids is 6. The summed E-state index contributed by atoms with van der Waals surface area (Å²) >= 11 is 0. The van der Waals surface area contributed by atoms with E-state index >= 15 is 8.78 Å². The van der Waals surface area contributed by atoms with E-state index in [1.807, 2.05) is 24.3 Å². The molecule has 0 aliphatic carbocycles. The van der Waals surface area contributed by atoms with Gasteiger partial charge < -0.3 is 33.2 Å². The minimum absolute atomic E-state index is 0.0107. The lowest BCUT2D eigenvalue weighted by atomic mass is 9.91. The van der Waals surface area contributed by atoms with Crippen LogP contribution in [0.25, 0.3) is 22.3 Å². The van der Waals surface area contributed by atoms with Crippen LogP contribution in [0.4, 0.5) is 8.78 Å². The monoisotopic (exact) mass is 920 g/mol. The zero-order valence-corrected chi connectivity index (χ0v) is 39.0. The fourth-order valence-electron chi connectivity index (χ4n) is 6.50. The number of esters is 6. The molecular weight excluding hydrogens is 859 g/mol. The first-order valence-corrected chi connectivity index (χ1v) is 21.9. The number of hydrogen-bond acceptors (Lipinski definition) is 13. The molecule has 15 heteroatoms. The molecule has 0 aromatic heterocycles. The third-order valence-electron chi connectivity index (χ3n) is 10.7. The van der Waals surface area contributed by atoms with E-state index < -0.39 is 91.1 Å². The van der Waals surface area contributed by atoms with Crippen LogP contribution in [0.5, 0.6) is 5.75 Å². The van der Waals surface area contributed by atoms with Crippen molar-refractivity contribution in [2.24, 2.45) is 17.3 Å². The molecule has 0 N–H and O–H groups in total. The largest absolute Gasteiger partial charge is 0.492 e. The van der Waals surface area contributed by atoms with E-state index in [0.717, 1.165) is 39.0 Å². The highest BCUT2D eigenvalue weighted by Gasteiger charge is 2.40. The van der Waals surface area contributed by atoms with Crippen LogP contribution >= 0.6 is 0 Å². The fraction of sp³-hybridized carbons (Fsp3) is 0.451. The number of halogens is 2. The van der Waals surface area contributed by atoms with E-state index in [-0.39, 0.29) is 47.5 Å². The summed E-state index contributed by atoms with van der Waals surface area (Å²) in [5.74, 6) is -9.54. The Kier molecular flexibility index (Phi) is 21.7. The second kappa shape index (κ2) is 26.5. The van der Waals surface area contributed by atoms with Gasteiger partial charge in [-0.05, 0) is 105 Å². The summed E-state index contributed by atoms with van der Waals surface area (Å²) in [5.41, 5.74) is 0.894. The summed E-state index contributed by atoms with van der Waals surface area (Å²) in [6.07, 6.45) is 7.06. The van der Waals surface area contributed by atoms with E-state index in [4.69, 9.17) is 23.7 Å². The summed E-state index contributed by atoms with van der Waals surface area (Å²) in [6, 6.07) is 14.6. The molecule has 3 aromatic rings. The van der Waals surface area contributed by atoms with Crippen LogP contribution in [-0.4, -0.2) is 83.1 Å². The number of hydrogen-bond donors (Lipinski definition) is 0. The first-order valence-electron chi connectivity index (χ1n) is 21.9. The van der Waals surface area contributed by atoms with Gasteiger partial charge in [0.1, 0.15) is 49.2 Å². The molecule has 0 heterocycles. The van der Waals surface area contributed by atoms with Crippen molar-refractivity contribution in [3.63, 3.8) is 0 Å². The maximum atomic E-state index is 16.1. The van der Waals surface area contributed by atoms with Crippen LogP contribution < -0.4 is 4.74 Å². The lowest BCUT2D eigenvalue weighted by molar-refractivity contribution is -0.170. The topological polar surface area (TPSA) is 167 Å². The van der Waals surface area contributed by atoms with Gasteiger partial charge >= 0.3 is 35.8 Å². The third kappa shape index (κ3) is 16.2. The highest BCUT2D eigenvalue weighted by atomic mass is 19.1. The lowest BCUT2D eigenvalue weighted by Crippen LogP contribution is -2.45. The maximum absolute atomic E-state index is 16.1. The molecule has 2 atom stereocenters. The van der Waals surface area contributed by atoms with Crippen LogP contribution in [-0.2, 0) is 70.0 Å². The van der Waals surface area contributed by atoms with Gasteiger partial charge in [-0.3, -0.25) is 19.2 Å². The van der Waals surface area contributed by atoms with Crippen LogP contribution in [0.1, 0.15) is 84.3 Å². The zero-order valence-electron chi connectivity index (χ0n) is 39.0. The minimum Gasteiger partial charge on any atom is -0.492 e. The van der Waals surface area contributed by atoms with Crippen molar-refractivity contribution in [1.29, 1.82) is 0 Å². The van der Waals surface area contributed by atoms with Gasteiger partial charge in [0, 0.05) is 11.1 Å². The summed E-state index contributed by atoms with van der Waals surface area (Å²) in [5, 5.41) is 0. The molecule has 0 amide bonds. The van der Waals surface area contributed by atoms with Crippen LogP contribution in [0.15, 0.2) is 78.9 Å². The Morgan fingerprint density at radius 2 is 1.11 bits per heavy atom. The average Bonchev–Trinajstić information content (AvgIpc) is 3.30. The van der Waals surface area contributed by atoms with Crippen molar-refractivity contribution in [3.05, 3.63) is 102 Å². The maximum Gasteiger partial charge on any atom is 0.333 e. The Labute approximate surface area is 385 Å². The Bertz CT molecular complexity index is 2140. The Morgan fingerprint density at radius 1 is 0.591 bits per heavy atom. The van der Waals surface area contributed by atoms with Gasteiger partial charge in [0.25, 0.3) is 0 Å². The first kappa shape index (κ1) is 54.0. The minimum atomic E-state index is -1.71. The van der Waals surface area contributed by atoms with Crippen molar-refractivity contribution in [2.45, 2.75) is 86.0 Å². The van der Waals surface area contributed by atoms with Crippen molar-refractivity contribution in [2.75, 3.05) is 47.3 Å². The average molecular weight is 921 g/mol. The summed E-state index contributed by atoms with van der Waals surface area (Å²) in [4.78, 5) is 75.2. The molecule has 3 rings (SSSR count). The Balaban J connectivity index is 2.06. The van der Waals surface area contributed by atoms with Gasteiger partial charge in [-0.2, -0.15) is 0 Å². The number of unbranched alkanes of at least 4 members (excludes halogenated alkanes) is 4. The Hall–Kier alpha value is -6.38. The number of carbonyl (C=O) groups is 6. The molecule has 3 aromatic carbocycles. The molecule has 0 saturated carbocycles. The fourth-order valence-corrected chi connectivity index (χ4v) is 6.50. The molecular formula is C51H62F2O13. The highest BCUT2D eigenvalue weighted by Crippen LogP contribution is 2.35. The number of benzene rings is 3. The summed E-state index contributed by atoms with van der Waals surface area (Å²) in [7, 11) is 2.18. The van der Waals surface area contributed by atoms with Crippen LogP contribution in [0.2, 0.25) is 0 Å². The molecule has 66 heavy (non-hydrogen) atoms. The van der Waals surface area contributed by atoms with Gasteiger partial charge in [-0.15, -0.1) is 0 Å². The molecule has 0 fully saturated rings. The van der Waals surface area contributed by atoms with Crippen molar-refractivity contribution in [3.8, 4) is 28.0 Å². The molecule has 0 saturated heterocycles. The number of methoxy groups -OCH3 is 2. The first-order chi connectivity index (χ1) is 31.4. The molecule has 13 nitrogen and oxygen atoms in total. The molecule has 0 aliphatic rings. The molecule has 0 radical (unpaired) electrons. The smallest absolute Gasteiger partial charge is 0.333 e. The van der Waals surface area contributed by atoms with E-state index in [1.165, 1.54) is 77.3 Å². The van der Waals surface area contributed by atoms with Gasteiger partial charge in [0.15, 0.2) is 11.8 Å². The highest BCUT2D eigenvalue weighted by molar-refractivity contribution is 5.95. The van der Waals surface area contributed by atoms with Gasteiger partial charge in [0.05, 0.1) is 26.4 Å². The molecule has 0 spiro atoms. The van der Waals surface area contributed by atoms with Crippen LogP contribution in [0.3, 0.4) is 0 Å². The molecule has 358 valence electrons. The van der Waals surface area contributed by atoms with E-state index in [9.17, 15) is 28.8 Å². The predicted octanol–water partition coefficient (Wildman–Crippen LogP) is 9.05. The normalized spacial score (nSPS) is 12.7. The Morgan fingerprint density at radius 3 is 1.64 bits per heavy atom. The standard InChI is InChI=1S/C51H62F2O13/c1-10-11-12-13-14-16-36-18-20-37(21-19-36)40-26-41(52)44(42(53)27-40)39-22-23-43(38(25-39)17-15-24-62-45(54)32(2)3)63-28-51(29-64-46(55)33(4)5,30-65-49(58)34(6)47(56)60-8)31-66-50(59)35(7)48(57)61-9/h18-23,25-27,34-35H,2,4,10-17,24,28-31H2,1,3,5-9H3. The van der Waals surface area contributed by atoms with E-state index in [0.29, 0.717) is 16.7 Å². The number of aryl methyl sites for hydroxylation is 2. The zero-order chi connectivity index (χ0) is 49.0. The van der Waals surface area contributed by atoms with Gasteiger partial charge in [-0.1, -0.05) is 76.1 Å². The predicted molar refractivity (Wildman–Crippen MR) is 242 cm³/mol. The molecule has 0 aliphatic heterocycles. The summed E-state index contributed by atoms with van der Waals surface area (Å²) < 4.78 is 69.6. The third-order valence-corrected chi connectivity index (χ3v) is 10.7. The number of ether oxygens (including phenoxy) is 7. The second-order valence-electron chi connectivity index (χ2n) is 16.4. The molecule has 2 unspecified atom stereocenters. The summed E-state index contributed by atoms with van der Waals surface area (Å²) in [6.45, 7) is 12.2.